The molecule has 0 unspecified atom stereocenters. The Morgan fingerprint density at radius 2 is 1.36 bits per heavy atom. The first-order valence-corrected chi connectivity index (χ1v) is 3.19. The molecule has 0 rings (SSSR count). The summed E-state index contributed by atoms with van der Waals surface area (Å²) in [5.74, 6) is 9.03. The van der Waals surface area contributed by atoms with Gasteiger partial charge in [-0.3, -0.25) is 20.4 Å². The van der Waals surface area contributed by atoms with Crippen LogP contribution in [0.25, 0.3) is 0 Å². The summed E-state index contributed by atoms with van der Waals surface area (Å²) in [6.07, 6.45) is 0.930. The van der Waals surface area contributed by atoms with Crippen LogP contribution in [0, 0.1) is 0 Å². The van der Waals surface area contributed by atoms with Crippen LogP contribution >= 0.6 is 0 Å². The zero-order valence-corrected chi connectivity index (χ0v) is 6.09. The molecule has 0 spiro atoms. The van der Waals surface area contributed by atoms with Crippen molar-refractivity contribution in [2.24, 2.45) is 11.7 Å². The molecule has 0 atom stereocenters. The Morgan fingerprint density at radius 1 is 1.00 bits per heavy atom. The van der Waals surface area contributed by atoms with E-state index in [4.69, 9.17) is 11.7 Å². The molecular weight excluding hydrogens is 148 g/mol. The van der Waals surface area contributed by atoms with Gasteiger partial charge in [-0.05, 0) is 6.42 Å². The highest BCUT2D eigenvalue weighted by Crippen LogP contribution is 1.93. The second kappa shape index (κ2) is 5.63. The summed E-state index contributed by atoms with van der Waals surface area (Å²) in [6.45, 7) is 0. The highest BCUT2D eigenvalue weighted by Gasteiger charge is 2.01. The first-order chi connectivity index (χ1) is 5.20. The van der Waals surface area contributed by atoms with Crippen molar-refractivity contribution in [2.45, 2.75) is 19.3 Å². The largest absolute Gasteiger partial charge is 0.294 e. The van der Waals surface area contributed by atoms with Crippen molar-refractivity contribution in [3.05, 3.63) is 0 Å². The first kappa shape index (κ1) is 9.86. The summed E-state index contributed by atoms with van der Waals surface area (Å²) in [5.41, 5.74) is 3.91. The molecule has 0 fully saturated rings. The van der Waals surface area contributed by atoms with E-state index in [0.29, 0.717) is 6.42 Å². The first-order valence-electron chi connectivity index (χ1n) is 3.19. The van der Waals surface area contributed by atoms with E-state index in [0.717, 1.165) is 0 Å². The number of nitrogens with two attached hydrogens (primary N) is 2. The summed E-state index contributed by atoms with van der Waals surface area (Å²) in [6, 6.07) is 0. The average Bonchev–Trinajstić information content (AvgIpc) is 2.04. The van der Waals surface area contributed by atoms with Crippen LogP contribution in [-0.4, -0.2) is 11.8 Å². The molecule has 0 saturated heterocycles. The average molecular weight is 160 g/mol. The zero-order chi connectivity index (χ0) is 8.69. The van der Waals surface area contributed by atoms with Gasteiger partial charge in [0.15, 0.2) is 0 Å². The molecule has 0 aromatic rings. The van der Waals surface area contributed by atoms with Gasteiger partial charge in [-0.15, -0.1) is 0 Å². The molecule has 0 aliphatic rings. The van der Waals surface area contributed by atoms with E-state index < -0.39 is 0 Å². The number of nitrogens with one attached hydrogen (secondary N) is 2. The van der Waals surface area contributed by atoms with E-state index in [2.05, 4.69) is 0 Å². The molecule has 0 heterocycles. The van der Waals surface area contributed by atoms with Crippen LogP contribution in [0.4, 0.5) is 0 Å². The molecular formula is C5H12N4O2. The maximum absolute atomic E-state index is 10.5. The third-order valence-corrected chi connectivity index (χ3v) is 1.13. The van der Waals surface area contributed by atoms with Gasteiger partial charge in [-0.25, -0.2) is 11.7 Å². The predicted octanol–water partition coefficient (Wildman–Crippen LogP) is -1.86. The number of carbonyl (C=O) groups is 2. The van der Waals surface area contributed by atoms with E-state index >= 15 is 0 Å². The molecule has 11 heavy (non-hydrogen) atoms. The summed E-state index contributed by atoms with van der Waals surface area (Å²) in [7, 11) is 0. The minimum Gasteiger partial charge on any atom is -0.294 e. The SMILES string of the molecule is NNC(=O)CCCC(=O)NN. The maximum Gasteiger partial charge on any atom is 0.233 e. The molecule has 0 saturated carbocycles. The Morgan fingerprint density at radius 3 is 1.64 bits per heavy atom. The Labute approximate surface area is 64.2 Å². The lowest BCUT2D eigenvalue weighted by molar-refractivity contribution is -0.122. The van der Waals surface area contributed by atoms with Crippen molar-refractivity contribution < 1.29 is 9.59 Å². The molecule has 6 heteroatoms. The number of hydrogen-bond donors (Lipinski definition) is 4. The van der Waals surface area contributed by atoms with Crippen LogP contribution in [-0.2, 0) is 9.59 Å². The fourth-order valence-electron chi connectivity index (χ4n) is 0.554. The number of hydrazine groups is 2. The van der Waals surface area contributed by atoms with Gasteiger partial charge in [-0.1, -0.05) is 0 Å². The molecule has 0 radical (unpaired) electrons. The molecule has 6 nitrogen and oxygen atoms in total. The van der Waals surface area contributed by atoms with Gasteiger partial charge in [0, 0.05) is 12.8 Å². The summed E-state index contributed by atoms with van der Waals surface area (Å²) >= 11 is 0. The van der Waals surface area contributed by atoms with E-state index in [1.54, 1.807) is 0 Å². The van der Waals surface area contributed by atoms with Crippen LogP contribution in [0.15, 0.2) is 0 Å². The zero-order valence-electron chi connectivity index (χ0n) is 6.09. The second-order valence-corrected chi connectivity index (χ2v) is 1.99. The third-order valence-electron chi connectivity index (χ3n) is 1.13. The van der Waals surface area contributed by atoms with Crippen LogP contribution in [0.2, 0.25) is 0 Å². The topological polar surface area (TPSA) is 110 Å². The molecule has 0 aliphatic carbocycles. The lowest BCUT2D eigenvalue weighted by atomic mass is 10.2. The van der Waals surface area contributed by atoms with Gasteiger partial charge in [0.25, 0.3) is 0 Å². The molecule has 64 valence electrons. The quantitative estimate of drug-likeness (QED) is 0.219. The van der Waals surface area contributed by atoms with Crippen molar-refractivity contribution in [3.8, 4) is 0 Å². The van der Waals surface area contributed by atoms with Gasteiger partial charge in [0.05, 0.1) is 0 Å². The van der Waals surface area contributed by atoms with Gasteiger partial charge >= 0.3 is 0 Å². The predicted molar refractivity (Wildman–Crippen MR) is 38.5 cm³/mol. The minimum absolute atomic E-state index is 0.240. The van der Waals surface area contributed by atoms with Crippen molar-refractivity contribution >= 4 is 11.8 Å². The maximum atomic E-state index is 10.5. The van der Waals surface area contributed by atoms with E-state index in [1.165, 1.54) is 0 Å². The van der Waals surface area contributed by atoms with Crippen molar-refractivity contribution in [3.63, 3.8) is 0 Å². The van der Waals surface area contributed by atoms with Crippen molar-refractivity contribution in [1.82, 2.24) is 10.9 Å². The Hall–Kier alpha value is -1.14. The molecule has 6 N–H and O–H groups in total. The lowest BCUT2D eigenvalue weighted by Crippen LogP contribution is -2.31. The Bertz CT molecular complexity index is 131. The molecule has 0 aromatic heterocycles. The lowest BCUT2D eigenvalue weighted by Gasteiger charge is -1.98. The van der Waals surface area contributed by atoms with E-state index in [1.807, 2.05) is 10.9 Å². The van der Waals surface area contributed by atoms with Gasteiger partial charge in [-0.2, -0.15) is 0 Å². The van der Waals surface area contributed by atoms with Crippen LogP contribution in [0.1, 0.15) is 19.3 Å². The van der Waals surface area contributed by atoms with Crippen LogP contribution in [0.3, 0.4) is 0 Å². The number of amides is 2. The smallest absolute Gasteiger partial charge is 0.233 e. The highest BCUT2D eigenvalue weighted by molar-refractivity contribution is 5.78. The fraction of sp³-hybridized carbons (Fsp3) is 0.600. The van der Waals surface area contributed by atoms with E-state index in [9.17, 15) is 9.59 Å². The van der Waals surface area contributed by atoms with Crippen molar-refractivity contribution in [2.75, 3.05) is 0 Å². The minimum atomic E-state index is -0.283. The molecule has 0 bridgehead atoms. The molecule has 0 aromatic carbocycles. The normalized spacial score (nSPS) is 8.91. The van der Waals surface area contributed by atoms with E-state index in [-0.39, 0.29) is 24.7 Å². The number of hydrogen-bond acceptors (Lipinski definition) is 4. The van der Waals surface area contributed by atoms with Gasteiger partial charge < -0.3 is 0 Å². The van der Waals surface area contributed by atoms with Crippen LogP contribution < -0.4 is 22.5 Å². The fourth-order valence-corrected chi connectivity index (χ4v) is 0.554. The standard InChI is InChI=1S/C5H12N4O2/c6-8-4(10)2-1-3-5(11)9-7/h1-3,6-7H2,(H,8,10)(H,9,11). The van der Waals surface area contributed by atoms with Gasteiger partial charge in [0.1, 0.15) is 0 Å². The second-order valence-electron chi connectivity index (χ2n) is 1.99. The van der Waals surface area contributed by atoms with Gasteiger partial charge in [0.2, 0.25) is 11.8 Å². The number of rotatable bonds is 4. The molecule has 0 aliphatic heterocycles. The van der Waals surface area contributed by atoms with Crippen molar-refractivity contribution in [1.29, 1.82) is 0 Å². The third kappa shape index (κ3) is 5.31. The Kier molecular flexibility index (Phi) is 5.05. The molecule has 2 amide bonds. The highest BCUT2D eigenvalue weighted by atomic mass is 16.2. The number of carbonyl (C=O) groups excluding carboxylic acids is 2. The summed E-state index contributed by atoms with van der Waals surface area (Å²) in [4.78, 5) is 21.0. The Balaban J connectivity index is 3.27. The summed E-state index contributed by atoms with van der Waals surface area (Å²) < 4.78 is 0. The monoisotopic (exact) mass is 160 g/mol. The van der Waals surface area contributed by atoms with Crippen LogP contribution in [0.5, 0.6) is 0 Å². The summed E-state index contributed by atoms with van der Waals surface area (Å²) in [5, 5.41) is 0.